The number of rotatable bonds is 3. The molecule has 13 heavy (non-hydrogen) atoms. The molecule has 76 valence electrons. The van der Waals surface area contributed by atoms with Crippen molar-refractivity contribution >= 4 is 0 Å². The van der Waals surface area contributed by atoms with Gasteiger partial charge in [-0.3, -0.25) is 0 Å². The van der Waals surface area contributed by atoms with E-state index in [4.69, 9.17) is 0 Å². The van der Waals surface area contributed by atoms with Gasteiger partial charge in [-0.15, -0.1) is 0 Å². The maximum Gasteiger partial charge on any atom is 0.00928 e. The van der Waals surface area contributed by atoms with Gasteiger partial charge in [-0.2, -0.15) is 0 Å². The fourth-order valence-corrected chi connectivity index (χ4v) is 2.44. The molecular weight excluding hydrogens is 158 g/mol. The Bertz CT molecular complexity index is 151. The molecule has 1 nitrogen and oxygen atoms in total. The summed E-state index contributed by atoms with van der Waals surface area (Å²) in [5.41, 5.74) is 0. The Morgan fingerprint density at radius 1 is 1.00 bits per heavy atom. The molecule has 2 saturated carbocycles. The summed E-state index contributed by atoms with van der Waals surface area (Å²) < 4.78 is 0. The summed E-state index contributed by atoms with van der Waals surface area (Å²) in [5.74, 6) is 1.96. The Morgan fingerprint density at radius 3 is 2.54 bits per heavy atom. The van der Waals surface area contributed by atoms with Gasteiger partial charge in [-0.05, 0) is 44.1 Å². The lowest BCUT2D eigenvalue weighted by Gasteiger charge is -2.22. The van der Waals surface area contributed by atoms with Crippen LogP contribution in [0.3, 0.4) is 0 Å². The number of hydrogen-bond acceptors (Lipinski definition) is 1. The molecule has 0 spiro atoms. The summed E-state index contributed by atoms with van der Waals surface area (Å²) in [5, 5.41) is 3.77. The maximum atomic E-state index is 3.77. The average Bonchev–Trinajstić information content (AvgIpc) is 2.90. The van der Waals surface area contributed by atoms with Crippen molar-refractivity contribution in [2.75, 3.05) is 6.54 Å². The van der Waals surface area contributed by atoms with Crippen LogP contribution >= 0.6 is 0 Å². The fourth-order valence-electron chi connectivity index (χ4n) is 2.44. The third-order valence-electron chi connectivity index (χ3n) is 3.73. The predicted molar refractivity (Wildman–Crippen MR) is 56.8 cm³/mol. The molecule has 2 aliphatic rings. The molecule has 0 saturated heterocycles. The Hall–Kier alpha value is -0.0400. The number of nitrogens with one attached hydrogen (secondary N) is 1. The SMILES string of the molecule is CC1CCCCCC1NCC1CC1. The first kappa shape index (κ1) is 9.51. The molecule has 2 aliphatic carbocycles. The van der Waals surface area contributed by atoms with Gasteiger partial charge in [0.25, 0.3) is 0 Å². The Labute approximate surface area is 82.3 Å². The van der Waals surface area contributed by atoms with Crippen LogP contribution in [0, 0.1) is 11.8 Å². The zero-order valence-electron chi connectivity index (χ0n) is 8.89. The number of hydrogen-bond donors (Lipinski definition) is 1. The average molecular weight is 181 g/mol. The predicted octanol–water partition coefficient (Wildman–Crippen LogP) is 2.95. The van der Waals surface area contributed by atoms with E-state index in [0.717, 1.165) is 17.9 Å². The van der Waals surface area contributed by atoms with Gasteiger partial charge in [-0.1, -0.05) is 26.2 Å². The highest BCUT2D eigenvalue weighted by atomic mass is 14.9. The molecular formula is C12H23N. The van der Waals surface area contributed by atoms with Gasteiger partial charge in [0, 0.05) is 6.04 Å². The first-order valence-electron chi connectivity index (χ1n) is 6.09. The Morgan fingerprint density at radius 2 is 1.77 bits per heavy atom. The molecule has 2 atom stereocenters. The van der Waals surface area contributed by atoms with E-state index in [9.17, 15) is 0 Å². The summed E-state index contributed by atoms with van der Waals surface area (Å²) in [6, 6.07) is 0.836. The lowest BCUT2D eigenvalue weighted by Crippen LogP contribution is -2.35. The highest BCUT2D eigenvalue weighted by Crippen LogP contribution is 2.29. The molecule has 2 unspecified atom stereocenters. The molecule has 2 rings (SSSR count). The molecule has 0 aromatic rings. The summed E-state index contributed by atoms with van der Waals surface area (Å²) in [6.45, 7) is 3.73. The van der Waals surface area contributed by atoms with Crippen molar-refractivity contribution in [2.24, 2.45) is 11.8 Å². The van der Waals surface area contributed by atoms with Crippen molar-refractivity contribution in [3.8, 4) is 0 Å². The molecule has 0 bridgehead atoms. The molecule has 0 heterocycles. The van der Waals surface area contributed by atoms with E-state index >= 15 is 0 Å². The minimum atomic E-state index is 0.836. The standard InChI is InChI=1S/C12H23N/c1-10-5-3-2-4-6-12(10)13-9-11-7-8-11/h10-13H,2-9H2,1H3. The van der Waals surface area contributed by atoms with Gasteiger partial charge in [0.15, 0.2) is 0 Å². The van der Waals surface area contributed by atoms with Crippen molar-refractivity contribution in [3.05, 3.63) is 0 Å². The first-order chi connectivity index (χ1) is 6.36. The zero-order chi connectivity index (χ0) is 9.10. The van der Waals surface area contributed by atoms with Gasteiger partial charge in [0.2, 0.25) is 0 Å². The van der Waals surface area contributed by atoms with Crippen LogP contribution in [-0.4, -0.2) is 12.6 Å². The fraction of sp³-hybridized carbons (Fsp3) is 1.00. The normalized spacial score (nSPS) is 35.8. The quantitative estimate of drug-likeness (QED) is 0.660. The second-order valence-corrected chi connectivity index (χ2v) is 5.07. The maximum absolute atomic E-state index is 3.77. The zero-order valence-corrected chi connectivity index (χ0v) is 8.89. The topological polar surface area (TPSA) is 12.0 Å². The molecule has 0 aromatic heterocycles. The minimum absolute atomic E-state index is 0.836. The lowest BCUT2D eigenvalue weighted by molar-refractivity contribution is 0.353. The third kappa shape index (κ3) is 2.98. The summed E-state index contributed by atoms with van der Waals surface area (Å²) in [4.78, 5) is 0. The van der Waals surface area contributed by atoms with Crippen LogP contribution in [0.4, 0.5) is 0 Å². The van der Waals surface area contributed by atoms with Gasteiger partial charge < -0.3 is 5.32 Å². The molecule has 1 N–H and O–H groups in total. The van der Waals surface area contributed by atoms with Gasteiger partial charge in [0.1, 0.15) is 0 Å². The van der Waals surface area contributed by atoms with Crippen LogP contribution < -0.4 is 5.32 Å². The first-order valence-corrected chi connectivity index (χ1v) is 6.09. The largest absolute Gasteiger partial charge is 0.313 e. The van der Waals surface area contributed by atoms with Gasteiger partial charge in [0.05, 0.1) is 0 Å². The Kier molecular flexibility index (Phi) is 3.26. The van der Waals surface area contributed by atoms with Crippen LogP contribution in [0.25, 0.3) is 0 Å². The lowest BCUT2D eigenvalue weighted by atomic mass is 9.97. The summed E-state index contributed by atoms with van der Waals surface area (Å²) >= 11 is 0. The second kappa shape index (κ2) is 4.45. The molecule has 0 aliphatic heterocycles. The third-order valence-corrected chi connectivity index (χ3v) is 3.73. The monoisotopic (exact) mass is 181 g/mol. The molecule has 1 heteroatoms. The molecule has 0 radical (unpaired) electrons. The van der Waals surface area contributed by atoms with E-state index in [0.29, 0.717) is 0 Å². The Balaban J connectivity index is 1.72. The van der Waals surface area contributed by atoms with E-state index in [2.05, 4.69) is 12.2 Å². The van der Waals surface area contributed by atoms with Crippen LogP contribution in [0.1, 0.15) is 51.9 Å². The summed E-state index contributed by atoms with van der Waals surface area (Å²) in [7, 11) is 0. The summed E-state index contributed by atoms with van der Waals surface area (Å²) in [6.07, 6.45) is 10.2. The molecule has 0 aromatic carbocycles. The van der Waals surface area contributed by atoms with Crippen molar-refractivity contribution in [3.63, 3.8) is 0 Å². The molecule has 0 amide bonds. The van der Waals surface area contributed by atoms with E-state index in [1.165, 1.54) is 51.5 Å². The van der Waals surface area contributed by atoms with E-state index < -0.39 is 0 Å². The minimum Gasteiger partial charge on any atom is -0.313 e. The highest BCUT2D eigenvalue weighted by molar-refractivity contribution is 4.81. The van der Waals surface area contributed by atoms with Crippen molar-refractivity contribution in [1.82, 2.24) is 5.32 Å². The van der Waals surface area contributed by atoms with E-state index in [1.807, 2.05) is 0 Å². The van der Waals surface area contributed by atoms with Crippen LogP contribution in [0.2, 0.25) is 0 Å². The smallest absolute Gasteiger partial charge is 0.00928 e. The van der Waals surface area contributed by atoms with Crippen LogP contribution in [0.5, 0.6) is 0 Å². The van der Waals surface area contributed by atoms with Gasteiger partial charge in [-0.25, -0.2) is 0 Å². The van der Waals surface area contributed by atoms with Crippen LogP contribution in [0.15, 0.2) is 0 Å². The molecule has 2 fully saturated rings. The van der Waals surface area contributed by atoms with E-state index in [-0.39, 0.29) is 0 Å². The van der Waals surface area contributed by atoms with Crippen LogP contribution in [-0.2, 0) is 0 Å². The van der Waals surface area contributed by atoms with Crippen molar-refractivity contribution in [1.29, 1.82) is 0 Å². The van der Waals surface area contributed by atoms with Gasteiger partial charge >= 0.3 is 0 Å². The van der Waals surface area contributed by atoms with Crippen molar-refractivity contribution < 1.29 is 0 Å². The van der Waals surface area contributed by atoms with E-state index in [1.54, 1.807) is 0 Å². The second-order valence-electron chi connectivity index (χ2n) is 5.07. The highest BCUT2D eigenvalue weighted by Gasteiger charge is 2.24. The van der Waals surface area contributed by atoms with Crippen molar-refractivity contribution in [2.45, 2.75) is 57.9 Å².